The molecule has 2 N–H and O–H groups in total. The van der Waals surface area contributed by atoms with Crippen LogP contribution >= 0.6 is 12.4 Å². The number of carbonyl (C=O) groups is 1. The topological polar surface area (TPSA) is 85.2 Å². The van der Waals surface area contributed by atoms with Gasteiger partial charge in [-0.1, -0.05) is 31.1 Å². The molecular formula is C19H28ClFN4O2. The Kier molecular flexibility index (Phi) is 8.85. The molecule has 1 atom stereocenters. The molecule has 0 aliphatic rings. The van der Waals surface area contributed by atoms with E-state index in [1.165, 1.54) is 6.07 Å². The number of benzene rings is 1. The number of aryl methyl sites for hydroxylation is 2. The van der Waals surface area contributed by atoms with Gasteiger partial charge in [-0.2, -0.15) is 4.98 Å². The number of nitrogens with zero attached hydrogens (tertiary/aromatic N) is 3. The van der Waals surface area contributed by atoms with Crippen molar-refractivity contribution in [1.82, 2.24) is 15.0 Å². The maximum Gasteiger partial charge on any atom is 0.227 e. The maximum atomic E-state index is 13.6. The first-order valence-electron chi connectivity index (χ1n) is 8.86. The molecule has 8 heteroatoms. The summed E-state index contributed by atoms with van der Waals surface area (Å²) >= 11 is 0. The van der Waals surface area contributed by atoms with Gasteiger partial charge in [-0.05, 0) is 30.9 Å². The van der Waals surface area contributed by atoms with Crippen LogP contribution in [0.1, 0.15) is 38.1 Å². The second-order valence-electron chi connectivity index (χ2n) is 6.99. The summed E-state index contributed by atoms with van der Waals surface area (Å²) in [7, 11) is 1.77. The lowest BCUT2D eigenvalue weighted by molar-refractivity contribution is -0.130. The molecule has 6 nitrogen and oxygen atoms in total. The summed E-state index contributed by atoms with van der Waals surface area (Å²) < 4.78 is 18.8. The van der Waals surface area contributed by atoms with E-state index in [0.29, 0.717) is 41.7 Å². The molecule has 0 aliphatic carbocycles. The van der Waals surface area contributed by atoms with E-state index in [1.54, 1.807) is 31.0 Å². The number of nitrogens with two attached hydrogens (primary N) is 1. The van der Waals surface area contributed by atoms with E-state index in [2.05, 4.69) is 24.0 Å². The molecule has 0 saturated heterocycles. The van der Waals surface area contributed by atoms with Crippen LogP contribution in [0.2, 0.25) is 0 Å². The Balaban J connectivity index is 0.00000364. The van der Waals surface area contributed by atoms with E-state index in [-0.39, 0.29) is 36.6 Å². The summed E-state index contributed by atoms with van der Waals surface area (Å²) in [6.07, 6.45) is 1.39. The van der Waals surface area contributed by atoms with Crippen molar-refractivity contribution < 1.29 is 13.7 Å². The summed E-state index contributed by atoms with van der Waals surface area (Å²) in [4.78, 5) is 18.1. The zero-order chi connectivity index (χ0) is 19.3. The molecule has 1 unspecified atom stereocenters. The number of amides is 1. The number of rotatable bonds is 8. The second kappa shape index (κ2) is 10.4. The minimum Gasteiger partial charge on any atom is -0.346 e. The van der Waals surface area contributed by atoms with Gasteiger partial charge in [-0.15, -0.1) is 12.4 Å². The highest BCUT2D eigenvalue weighted by Gasteiger charge is 2.15. The van der Waals surface area contributed by atoms with Crippen LogP contribution in [0.4, 0.5) is 4.39 Å². The predicted octanol–water partition coefficient (Wildman–Crippen LogP) is 3.37. The van der Waals surface area contributed by atoms with E-state index in [9.17, 15) is 9.18 Å². The van der Waals surface area contributed by atoms with Gasteiger partial charge in [0.1, 0.15) is 5.82 Å². The molecule has 0 bridgehead atoms. The van der Waals surface area contributed by atoms with Gasteiger partial charge in [0, 0.05) is 38.0 Å². The largest absolute Gasteiger partial charge is 0.346 e. The van der Waals surface area contributed by atoms with Crippen molar-refractivity contribution in [3.63, 3.8) is 0 Å². The maximum absolute atomic E-state index is 13.6. The summed E-state index contributed by atoms with van der Waals surface area (Å²) in [5.74, 6) is 0.762. The number of hydrogen-bond acceptors (Lipinski definition) is 5. The average molecular weight is 399 g/mol. The number of halogens is 2. The monoisotopic (exact) mass is 398 g/mol. The Morgan fingerprint density at radius 3 is 2.70 bits per heavy atom. The van der Waals surface area contributed by atoms with Crippen LogP contribution in [0.15, 0.2) is 22.7 Å². The lowest BCUT2D eigenvalue weighted by Crippen LogP contribution is -2.34. The van der Waals surface area contributed by atoms with Gasteiger partial charge >= 0.3 is 0 Å². The molecule has 1 amide bonds. The summed E-state index contributed by atoms with van der Waals surface area (Å²) in [5, 5.41) is 3.86. The van der Waals surface area contributed by atoms with Gasteiger partial charge in [0.15, 0.2) is 0 Å². The van der Waals surface area contributed by atoms with Gasteiger partial charge in [-0.25, -0.2) is 4.39 Å². The molecule has 0 aliphatic heterocycles. The standard InChI is InChI=1S/C19H27FN4O2.ClH/c1-12(2)16(21)9-10-24(4)18(25)8-7-17-22-19(23-26-17)14-6-5-13(3)15(20)11-14;/h5-6,11-12,16H,7-10,21H2,1-4H3;1H. The van der Waals surface area contributed by atoms with E-state index >= 15 is 0 Å². The highest BCUT2D eigenvalue weighted by molar-refractivity contribution is 5.85. The smallest absolute Gasteiger partial charge is 0.227 e. The molecule has 0 fully saturated rings. The second-order valence-corrected chi connectivity index (χ2v) is 6.99. The zero-order valence-electron chi connectivity index (χ0n) is 16.2. The Bertz CT molecular complexity index is 751. The third-order valence-electron chi connectivity index (χ3n) is 4.53. The van der Waals surface area contributed by atoms with E-state index in [0.717, 1.165) is 6.42 Å². The predicted molar refractivity (Wildman–Crippen MR) is 105 cm³/mol. The van der Waals surface area contributed by atoms with E-state index < -0.39 is 0 Å². The molecule has 2 rings (SSSR count). The molecule has 150 valence electrons. The fourth-order valence-electron chi connectivity index (χ4n) is 2.41. The first-order valence-corrected chi connectivity index (χ1v) is 8.86. The Morgan fingerprint density at radius 2 is 2.07 bits per heavy atom. The molecule has 1 heterocycles. The molecule has 2 aromatic rings. The van der Waals surface area contributed by atoms with Crippen LogP contribution in [0.25, 0.3) is 11.4 Å². The van der Waals surface area contributed by atoms with Gasteiger partial charge in [-0.3, -0.25) is 4.79 Å². The molecule has 0 radical (unpaired) electrons. The van der Waals surface area contributed by atoms with Gasteiger partial charge in [0.2, 0.25) is 17.6 Å². The first-order chi connectivity index (χ1) is 12.3. The summed E-state index contributed by atoms with van der Waals surface area (Å²) in [5.41, 5.74) is 7.12. The third-order valence-corrected chi connectivity index (χ3v) is 4.53. The van der Waals surface area contributed by atoms with Crippen LogP contribution in [-0.2, 0) is 11.2 Å². The fourth-order valence-corrected chi connectivity index (χ4v) is 2.41. The van der Waals surface area contributed by atoms with Gasteiger partial charge in [0.05, 0.1) is 0 Å². The minimum absolute atomic E-state index is 0. The SMILES string of the molecule is Cc1ccc(-c2noc(CCC(=O)N(C)CCC(N)C(C)C)n2)cc1F.Cl. The molecule has 0 saturated carbocycles. The van der Waals surface area contributed by atoms with Crippen LogP contribution in [0.5, 0.6) is 0 Å². The van der Waals surface area contributed by atoms with Crippen molar-refractivity contribution >= 4 is 18.3 Å². The van der Waals surface area contributed by atoms with Gasteiger partial charge in [0.25, 0.3) is 0 Å². The molecule has 0 spiro atoms. The molecule has 1 aromatic heterocycles. The first kappa shape index (κ1) is 23.0. The van der Waals surface area contributed by atoms with Crippen molar-refractivity contribution in [3.8, 4) is 11.4 Å². The number of hydrogen-bond donors (Lipinski definition) is 1. The van der Waals surface area contributed by atoms with Gasteiger partial charge < -0.3 is 15.2 Å². The number of aromatic nitrogens is 2. The lowest BCUT2D eigenvalue weighted by atomic mass is 10.0. The van der Waals surface area contributed by atoms with Crippen molar-refractivity contribution in [2.75, 3.05) is 13.6 Å². The van der Waals surface area contributed by atoms with Crippen molar-refractivity contribution in [2.45, 2.75) is 46.1 Å². The zero-order valence-corrected chi connectivity index (χ0v) is 17.1. The van der Waals surface area contributed by atoms with Crippen LogP contribution in [0.3, 0.4) is 0 Å². The summed E-state index contributed by atoms with van der Waals surface area (Å²) in [6.45, 7) is 6.45. The third kappa shape index (κ3) is 6.59. The van der Waals surface area contributed by atoms with Crippen molar-refractivity contribution in [3.05, 3.63) is 35.5 Å². The lowest BCUT2D eigenvalue weighted by Gasteiger charge is -2.21. The Morgan fingerprint density at radius 1 is 1.37 bits per heavy atom. The van der Waals surface area contributed by atoms with Crippen molar-refractivity contribution in [2.24, 2.45) is 11.7 Å². The number of carbonyl (C=O) groups excluding carboxylic acids is 1. The van der Waals surface area contributed by atoms with Crippen LogP contribution in [0, 0.1) is 18.7 Å². The quantitative estimate of drug-likeness (QED) is 0.736. The van der Waals surface area contributed by atoms with E-state index in [1.807, 2.05) is 0 Å². The highest BCUT2D eigenvalue weighted by Crippen LogP contribution is 2.19. The normalized spacial score (nSPS) is 12.0. The Hall–Kier alpha value is -1.99. The highest BCUT2D eigenvalue weighted by atomic mass is 35.5. The molecule has 1 aromatic carbocycles. The van der Waals surface area contributed by atoms with E-state index in [4.69, 9.17) is 10.3 Å². The Labute approximate surface area is 165 Å². The fraction of sp³-hybridized carbons (Fsp3) is 0.526. The van der Waals surface area contributed by atoms with Crippen LogP contribution < -0.4 is 5.73 Å². The molecular weight excluding hydrogens is 371 g/mol. The molecule has 27 heavy (non-hydrogen) atoms. The minimum atomic E-state index is -0.315. The summed E-state index contributed by atoms with van der Waals surface area (Å²) in [6, 6.07) is 4.87. The van der Waals surface area contributed by atoms with Crippen molar-refractivity contribution in [1.29, 1.82) is 0 Å². The van der Waals surface area contributed by atoms with Crippen LogP contribution in [-0.4, -0.2) is 40.6 Å². The average Bonchev–Trinajstić information content (AvgIpc) is 3.08.